The third-order valence-electron chi connectivity index (χ3n) is 7.29. The van der Waals surface area contributed by atoms with Crippen molar-refractivity contribution in [3.05, 3.63) is 47.5 Å². The lowest BCUT2D eigenvalue weighted by molar-refractivity contribution is -0.115. The van der Waals surface area contributed by atoms with Crippen molar-refractivity contribution in [2.75, 3.05) is 33.2 Å². The molecule has 1 saturated carbocycles. The fourth-order valence-electron chi connectivity index (χ4n) is 5.69. The molecule has 2 aromatic carbocycles. The molecule has 0 spiro atoms. The molecule has 2 fully saturated rings. The number of nitrogens with one attached hydrogen (secondary N) is 1. The number of likely N-dealkylation sites (tertiary alicyclic amines) is 1. The van der Waals surface area contributed by atoms with Gasteiger partial charge in [-0.05, 0) is 55.2 Å². The van der Waals surface area contributed by atoms with Crippen LogP contribution in [0.25, 0.3) is 0 Å². The molecule has 4 rings (SSSR count). The van der Waals surface area contributed by atoms with E-state index in [0.29, 0.717) is 41.5 Å². The minimum atomic E-state index is -0.835. The Labute approximate surface area is 206 Å². The number of nitrogens with zero attached hydrogens (tertiary/aromatic N) is 1. The molecule has 8 nitrogen and oxygen atoms in total. The molecule has 2 aromatic rings. The van der Waals surface area contributed by atoms with Gasteiger partial charge in [-0.1, -0.05) is 18.9 Å². The van der Waals surface area contributed by atoms with E-state index in [9.17, 15) is 14.7 Å². The highest BCUT2D eigenvalue weighted by Gasteiger charge is 2.50. The van der Waals surface area contributed by atoms with Crippen LogP contribution in [0.4, 0.5) is 5.69 Å². The summed E-state index contributed by atoms with van der Waals surface area (Å²) < 4.78 is 16.7. The van der Waals surface area contributed by atoms with Gasteiger partial charge >= 0.3 is 0 Å². The highest BCUT2D eigenvalue weighted by Crippen LogP contribution is 2.51. The van der Waals surface area contributed by atoms with Gasteiger partial charge in [-0.3, -0.25) is 9.59 Å². The van der Waals surface area contributed by atoms with Crippen molar-refractivity contribution in [2.24, 2.45) is 5.92 Å². The van der Waals surface area contributed by atoms with Crippen LogP contribution >= 0.6 is 0 Å². The standard InChI is InChI=1S/C27H34N2O6/c1-17(30)28-20-9-7-8-18(14-20)26(31)29-13-12-27(32)11-6-5-10-21(27)24(29)19-15-22(33-2)25(35-4)23(16-19)34-3/h7-9,14-16,21,24,32H,5-6,10-13H2,1-4H3,(H,28,30)/t21-,24+,27-/m0/s1. The normalized spacial score (nSPS) is 23.7. The Hall–Kier alpha value is -3.26. The van der Waals surface area contributed by atoms with Crippen LogP contribution in [-0.2, 0) is 4.79 Å². The summed E-state index contributed by atoms with van der Waals surface area (Å²) in [5.41, 5.74) is 1.04. The minimum absolute atomic E-state index is 0.129. The molecule has 1 aliphatic carbocycles. The first-order valence-electron chi connectivity index (χ1n) is 12.0. The zero-order valence-corrected chi connectivity index (χ0v) is 20.8. The summed E-state index contributed by atoms with van der Waals surface area (Å²) in [6.45, 7) is 1.85. The van der Waals surface area contributed by atoms with Gasteiger partial charge in [0.15, 0.2) is 11.5 Å². The van der Waals surface area contributed by atoms with Gasteiger partial charge in [0.2, 0.25) is 11.7 Å². The number of fused-ring (bicyclic) bond motifs is 1. The second-order valence-corrected chi connectivity index (χ2v) is 9.37. The van der Waals surface area contributed by atoms with Gasteiger partial charge in [-0.25, -0.2) is 0 Å². The van der Waals surface area contributed by atoms with Gasteiger partial charge in [0.25, 0.3) is 5.91 Å². The Morgan fingerprint density at radius 2 is 1.74 bits per heavy atom. The van der Waals surface area contributed by atoms with Crippen molar-refractivity contribution in [1.29, 1.82) is 0 Å². The lowest BCUT2D eigenvalue weighted by Gasteiger charge is -2.52. The highest BCUT2D eigenvalue weighted by atomic mass is 16.5. The maximum absolute atomic E-state index is 13.9. The van der Waals surface area contributed by atoms with Crippen LogP contribution in [0.15, 0.2) is 36.4 Å². The molecule has 35 heavy (non-hydrogen) atoms. The number of piperidine rings is 1. The average molecular weight is 483 g/mol. The van der Waals surface area contributed by atoms with E-state index in [0.717, 1.165) is 31.2 Å². The maximum atomic E-state index is 13.9. The molecule has 2 amide bonds. The molecule has 2 N–H and O–H groups in total. The fraction of sp³-hybridized carbons (Fsp3) is 0.481. The molecular weight excluding hydrogens is 448 g/mol. The number of hydrogen-bond acceptors (Lipinski definition) is 6. The van der Waals surface area contributed by atoms with E-state index in [-0.39, 0.29) is 23.8 Å². The van der Waals surface area contributed by atoms with E-state index >= 15 is 0 Å². The summed E-state index contributed by atoms with van der Waals surface area (Å²) >= 11 is 0. The third kappa shape index (κ3) is 4.80. The molecule has 1 saturated heterocycles. The summed E-state index contributed by atoms with van der Waals surface area (Å²) in [6.07, 6.45) is 4.03. The summed E-state index contributed by atoms with van der Waals surface area (Å²) in [5, 5.41) is 14.4. The molecule has 8 heteroatoms. The van der Waals surface area contributed by atoms with E-state index in [1.165, 1.54) is 6.92 Å². The summed E-state index contributed by atoms with van der Waals surface area (Å²) in [7, 11) is 4.68. The highest BCUT2D eigenvalue weighted by molar-refractivity contribution is 5.97. The molecule has 0 unspecified atom stereocenters. The molecule has 188 valence electrons. The number of ether oxygens (including phenoxy) is 3. The number of hydrogen-bond donors (Lipinski definition) is 2. The SMILES string of the molecule is COc1cc([C@@H]2[C@@H]3CCCC[C@]3(O)CCN2C(=O)c2cccc(NC(C)=O)c2)cc(OC)c1OC. The zero-order valence-electron chi connectivity index (χ0n) is 20.8. The second-order valence-electron chi connectivity index (χ2n) is 9.37. The predicted octanol–water partition coefficient (Wildman–Crippen LogP) is 4.18. The van der Waals surface area contributed by atoms with Gasteiger partial charge in [0.05, 0.1) is 33.0 Å². The topological polar surface area (TPSA) is 97.3 Å². The van der Waals surface area contributed by atoms with E-state index in [2.05, 4.69) is 5.32 Å². The van der Waals surface area contributed by atoms with E-state index in [1.54, 1.807) is 45.6 Å². The van der Waals surface area contributed by atoms with Crippen molar-refractivity contribution in [3.63, 3.8) is 0 Å². The Morgan fingerprint density at radius 1 is 1.03 bits per heavy atom. The Bertz CT molecular complexity index is 1080. The number of anilines is 1. The minimum Gasteiger partial charge on any atom is -0.493 e. The van der Waals surface area contributed by atoms with Crippen molar-refractivity contribution in [2.45, 2.75) is 50.7 Å². The van der Waals surface area contributed by atoms with Gasteiger partial charge in [0.1, 0.15) is 0 Å². The fourth-order valence-corrected chi connectivity index (χ4v) is 5.69. The quantitative estimate of drug-likeness (QED) is 0.641. The molecule has 0 radical (unpaired) electrons. The van der Waals surface area contributed by atoms with E-state index in [4.69, 9.17) is 14.2 Å². The van der Waals surface area contributed by atoms with Crippen LogP contribution in [-0.4, -0.2) is 55.3 Å². The summed E-state index contributed by atoms with van der Waals surface area (Å²) in [4.78, 5) is 27.3. The van der Waals surface area contributed by atoms with Crippen molar-refractivity contribution in [3.8, 4) is 17.2 Å². The Balaban J connectivity index is 1.80. The van der Waals surface area contributed by atoms with Crippen molar-refractivity contribution in [1.82, 2.24) is 4.90 Å². The number of carbonyl (C=O) groups excluding carboxylic acids is 2. The van der Waals surface area contributed by atoms with Gasteiger partial charge in [-0.15, -0.1) is 0 Å². The van der Waals surface area contributed by atoms with Crippen LogP contribution in [0, 0.1) is 5.92 Å². The number of aliphatic hydroxyl groups is 1. The first kappa shape index (κ1) is 24.9. The Morgan fingerprint density at radius 3 is 2.37 bits per heavy atom. The number of carbonyl (C=O) groups is 2. The monoisotopic (exact) mass is 482 g/mol. The molecule has 0 bridgehead atoms. The molecule has 2 aliphatic rings. The first-order valence-corrected chi connectivity index (χ1v) is 12.0. The van der Waals surface area contributed by atoms with Gasteiger partial charge in [0, 0.05) is 30.6 Å². The number of methoxy groups -OCH3 is 3. The zero-order chi connectivity index (χ0) is 25.2. The van der Waals surface area contributed by atoms with Crippen LogP contribution < -0.4 is 19.5 Å². The number of amides is 2. The smallest absolute Gasteiger partial charge is 0.254 e. The second kappa shape index (κ2) is 10.2. The van der Waals surface area contributed by atoms with E-state index < -0.39 is 5.60 Å². The average Bonchev–Trinajstić information content (AvgIpc) is 2.86. The summed E-state index contributed by atoms with van der Waals surface area (Å²) in [5.74, 6) is 1.02. The number of benzene rings is 2. The summed E-state index contributed by atoms with van der Waals surface area (Å²) in [6, 6.07) is 10.3. The predicted molar refractivity (Wildman–Crippen MR) is 132 cm³/mol. The largest absolute Gasteiger partial charge is 0.493 e. The van der Waals surface area contributed by atoms with Crippen LogP contribution in [0.5, 0.6) is 17.2 Å². The lowest BCUT2D eigenvalue weighted by Crippen LogP contribution is -2.56. The maximum Gasteiger partial charge on any atom is 0.254 e. The van der Waals surface area contributed by atoms with Crippen molar-refractivity contribution < 1.29 is 28.9 Å². The molecular formula is C27H34N2O6. The molecule has 1 heterocycles. The van der Waals surface area contributed by atoms with Crippen molar-refractivity contribution >= 4 is 17.5 Å². The van der Waals surface area contributed by atoms with Crippen LogP contribution in [0.2, 0.25) is 0 Å². The third-order valence-corrected chi connectivity index (χ3v) is 7.29. The Kier molecular flexibility index (Phi) is 7.21. The first-order chi connectivity index (χ1) is 16.8. The molecule has 3 atom stereocenters. The lowest BCUT2D eigenvalue weighted by atomic mass is 9.66. The van der Waals surface area contributed by atoms with Crippen LogP contribution in [0.3, 0.4) is 0 Å². The number of rotatable bonds is 6. The van der Waals surface area contributed by atoms with E-state index in [1.807, 2.05) is 17.0 Å². The van der Waals surface area contributed by atoms with Crippen LogP contribution in [0.1, 0.15) is 61.0 Å². The molecule has 0 aromatic heterocycles. The van der Waals surface area contributed by atoms with Gasteiger partial charge in [-0.2, -0.15) is 0 Å². The van der Waals surface area contributed by atoms with Gasteiger partial charge < -0.3 is 29.5 Å². The molecule has 1 aliphatic heterocycles.